The summed E-state index contributed by atoms with van der Waals surface area (Å²) in [7, 11) is -0.637. The van der Waals surface area contributed by atoms with Crippen molar-refractivity contribution in [1.29, 1.82) is 0 Å². The van der Waals surface area contributed by atoms with Gasteiger partial charge in [-0.05, 0) is 19.3 Å². The Bertz CT molecular complexity index is 209. The average molecular weight is 247 g/mol. The topological polar surface area (TPSA) is 38.3 Å². The fourth-order valence-corrected chi connectivity index (χ4v) is 2.74. The van der Waals surface area contributed by atoms with Crippen LogP contribution in [0.15, 0.2) is 0 Å². The largest absolute Gasteiger partial charge is 0.378 e. The van der Waals surface area contributed by atoms with Crippen LogP contribution in [0, 0.1) is 0 Å². The molecule has 0 aliphatic carbocycles. The van der Waals surface area contributed by atoms with Crippen LogP contribution in [-0.2, 0) is 15.5 Å². The van der Waals surface area contributed by atoms with E-state index in [9.17, 15) is 4.21 Å². The van der Waals surface area contributed by atoms with E-state index < -0.39 is 10.8 Å². The van der Waals surface area contributed by atoms with Gasteiger partial charge in [-0.1, -0.05) is 20.3 Å². The molecule has 1 heterocycles. The van der Waals surface area contributed by atoms with Crippen LogP contribution < -0.4 is 5.32 Å². The summed E-state index contributed by atoms with van der Waals surface area (Å²) in [5.41, 5.74) is 0. The van der Waals surface area contributed by atoms with E-state index in [2.05, 4.69) is 12.2 Å². The van der Waals surface area contributed by atoms with E-state index in [-0.39, 0.29) is 0 Å². The molecule has 3 unspecified atom stereocenters. The first-order valence-electron chi connectivity index (χ1n) is 6.46. The van der Waals surface area contributed by atoms with E-state index in [1.165, 1.54) is 12.8 Å². The highest BCUT2D eigenvalue weighted by molar-refractivity contribution is 7.84. The Kier molecular flexibility index (Phi) is 7.25. The van der Waals surface area contributed by atoms with Gasteiger partial charge in [0.1, 0.15) is 0 Å². The van der Waals surface area contributed by atoms with Crippen molar-refractivity contribution in [3.05, 3.63) is 0 Å². The van der Waals surface area contributed by atoms with Crippen LogP contribution >= 0.6 is 0 Å². The Morgan fingerprint density at radius 3 is 2.94 bits per heavy atom. The van der Waals surface area contributed by atoms with Crippen LogP contribution in [0.4, 0.5) is 0 Å². The molecule has 3 nitrogen and oxygen atoms in total. The van der Waals surface area contributed by atoms with Crippen molar-refractivity contribution in [2.24, 2.45) is 0 Å². The molecule has 1 aliphatic rings. The monoisotopic (exact) mass is 247 g/mol. The second kappa shape index (κ2) is 8.20. The van der Waals surface area contributed by atoms with E-state index in [4.69, 9.17) is 4.74 Å². The van der Waals surface area contributed by atoms with Crippen molar-refractivity contribution in [2.75, 3.05) is 24.7 Å². The summed E-state index contributed by atoms with van der Waals surface area (Å²) in [6.45, 7) is 5.93. The molecule has 0 radical (unpaired) electrons. The molecule has 4 heteroatoms. The molecule has 1 saturated heterocycles. The molecule has 3 atom stereocenters. The molecule has 0 saturated carbocycles. The molecule has 16 heavy (non-hydrogen) atoms. The Hall–Kier alpha value is 0.0700. The van der Waals surface area contributed by atoms with E-state index in [0.717, 1.165) is 37.5 Å². The summed E-state index contributed by atoms with van der Waals surface area (Å²) in [4.78, 5) is 0. The molecule has 1 aliphatic heterocycles. The third-order valence-electron chi connectivity index (χ3n) is 3.06. The van der Waals surface area contributed by atoms with Crippen molar-refractivity contribution in [1.82, 2.24) is 5.32 Å². The van der Waals surface area contributed by atoms with Gasteiger partial charge in [-0.3, -0.25) is 4.21 Å². The lowest BCUT2D eigenvalue weighted by molar-refractivity contribution is -0.00277. The fourth-order valence-electron chi connectivity index (χ4n) is 2.11. The zero-order valence-electron chi connectivity index (χ0n) is 10.5. The standard InChI is InChI=1S/C12H25NO2S/c1-3-5-12-10-11(6-8-15-12)13-7-9-16(14)4-2/h11-13H,3-10H2,1-2H3. The maximum Gasteiger partial charge on any atom is 0.0589 e. The number of hydrogen-bond donors (Lipinski definition) is 1. The van der Waals surface area contributed by atoms with Crippen LogP contribution in [0.5, 0.6) is 0 Å². The van der Waals surface area contributed by atoms with Gasteiger partial charge in [0.25, 0.3) is 0 Å². The van der Waals surface area contributed by atoms with Gasteiger partial charge in [0.2, 0.25) is 0 Å². The predicted molar refractivity (Wildman–Crippen MR) is 69.2 cm³/mol. The molecular formula is C12H25NO2S. The minimum absolute atomic E-state index is 0.438. The second-order valence-electron chi connectivity index (χ2n) is 4.39. The highest BCUT2D eigenvalue weighted by Crippen LogP contribution is 2.17. The van der Waals surface area contributed by atoms with Crippen LogP contribution in [0.1, 0.15) is 39.5 Å². The second-order valence-corrected chi connectivity index (χ2v) is 6.25. The minimum atomic E-state index is -0.637. The first-order chi connectivity index (χ1) is 7.76. The highest BCUT2D eigenvalue weighted by Gasteiger charge is 2.21. The molecule has 1 N–H and O–H groups in total. The first-order valence-corrected chi connectivity index (χ1v) is 7.95. The normalized spacial score (nSPS) is 27.9. The molecule has 0 spiro atoms. The smallest absolute Gasteiger partial charge is 0.0589 e. The molecule has 0 bridgehead atoms. The SMILES string of the molecule is CCCC1CC(NCCS(=O)CC)CCO1. The van der Waals surface area contributed by atoms with Gasteiger partial charge < -0.3 is 10.1 Å². The molecule has 0 aromatic heterocycles. The van der Waals surface area contributed by atoms with E-state index >= 15 is 0 Å². The van der Waals surface area contributed by atoms with Gasteiger partial charge >= 0.3 is 0 Å². The Morgan fingerprint density at radius 2 is 2.25 bits per heavy atom. The summed E-state index contributed by atoms with van der Waals surface area (Å²) in [5, 5.41) is 3.50. The number of hydrogen-bond acceptors (Lipinski definition) is 3. The summed E-state index contributed by atoms with van der Waals surface area (Å²) < 4.78 is 17.0. The molecule has 0 aromatic rings. The molecular weight excluding hydrogens is 222 g/mol. The van der Waals surface area contributed by atoms with Gasteiger partial charge in [0.05, 0.1) is 6.10 Å². The highest BCUT2D eigenvalue weighted by atomic mass is 32.2. The average Bonchev–Trinajstić information content (AvgIpc) is 2.30. The number of nitrogens with one attached hydrogen (secondary N) is 1. The number of ether oxygens (including phenoxy) is 1. The third-order valence-corrected chi connectivity index (χ3v) is 4.37. The lowest BCUT2D eigenvalue weighted by Gasteiger charge is -2.30. The van der Waals surface area contributed by atoms with Crippen LogP contribution in [0.3, 0.4) is 0 Å². The molecule has 1 rings (SSSR count). The van der Waals surface area contributed by atoms with Crippen molar-refractivity contribution < 1.29 is 8.95 Å². The van der Waals surface area contributed by atoms with Crippen molar-refractivity contribution in [2.45, 2.75) is 51.7 Å². The Morgan fingerprint density at radius 1 is 1.44 bits per heavy atom. The summed E-state index contributed by atoms with van der Waals surface area (Å²) in [6.07, 6.45) is 5.01. The molecule has 0 amide bonds. The van der Waals surface area contributed by atoms with Gasteiger partial charge in [-0.2, -0.15) is 0 Å². The lowest BCUT2D eigenvalue weighted by Crippen LogP contribution is -2.40. The summed E-state index contributed by atoms with van der Waals surface area (Å²) in [5.74, 6) is 1.56. The number of rotatable bonds is 7. The van der Waals surface area contributed by atoms with E-state index in [1.807, 2.05) is 6.92 Å². The van der Waals surface area contributed by atoms with Gasteiger partial charge in [-0.25, -0.2) is 0 Å². The summed E-state index contributed by atoms with van der Waals surface area (Å²) >= 11 is 0. The predicted octanol–water partition coefficient (Wildman–Crippen LogP) is 1.69. The van der Waals surface area contributed by atoms with E-state index in [1.54, 1.807) is 0 Å². The van der Waals surface area contributed by atoms with Crippen molar-refractivity contribution in [3.8, 4) is 0 Å². The van der Waals surface area contributed by atoms with Crippen LogP contribution in [-0.4, -0.2) is 41.0 Å². The first kappa shape index (κ1) is 14.1. The van der Waals surface area contributed by atoms with Gasteiger partial charge in [0.15, 0.2) is 0 Å². The quantitative estimate of drug-likeness (QED) is 0.744. The fraction of sp³-hybridized carbons (Fsp3) is 1.00. The third kappa shape index (κ3) is 5.41. The van der Waals surface area contributed by atoms with E-state index in [0.29, 0.717) is 12.1 Å². The van der Waals surface area contributed by atoms with Crippen LogP contribution in [0.2, 0.25) is 0 Å². The zero-order chi connectivity index (χ0) is 11.8. The van der Waals surface area contributed by atoms with Crippen LogP contribution in [0.25, 0.3) is 0 Å². The molecule has 96 valence electrons. The zero-order valence-corrected chi connectivity index (χ0v) is 11.4. The Labute approximate surface area is 102 Å². The van der Waals surface area contributed by atoms with Crippen molar-refractivity contribution >= 4 is 10.8 Å². The molecule has 0 aromatic carbocycles. The Balaban J connectivity index is 2.14. The lowest BCUT2D eigenvalue weighted by atomic mass is 10.0. The maximum atomic E-state index is 11.3. The summed E-state index contributed by atoms with van der Waals surface area (Å²) in [6, 6.07) is 0.569. The minimum Gasteiger partial charge on any atom is -0.378 e. The van der Waals surface area contributed by atoms with Crippen molar-refractivity contribution in [3.63, 3.8) is 0 Å². The molecule has 1 fully saturated rings. The maximum absolute atomic E-state index is 11.3. The van der Waals surface area contributed by atoms with Gasteiger partial charge in [-0.15, -0.1) is 0 Å². The van der Waals surface area contributed by atoms with Gasteiger partial charge in [0, 0.05) is 41.5 Å².